The van der Waals surface area contributed by atoms with E-state index in [4.69, 9.17) is 0 Å². The first-order valence-electron chi connectivity index (χ1n) is 6.79. The number of hydrogen-bond acceptors (Lipinski definition) is 2. The van der Waals surface area contributed by atoms with E-state index < -0.39 is 0 Å². The van der Waals surface area contributed by atoms with Crippen molar-refractivity contribution in [2.45, 2.75) is 18.7 Å². The molecule has 110 valence electrons. The van der Waals surface area contributed by atoms with Gasteiger partial charge in [0.05, 0.1) is 6.04 Å². The Kier molecular flexibility index (Phi) is 5.81. The molecule has 0 saturated carbocycles. The van der Waals surface area contributed by atoms with Crippen LogP contribution in [0, 0.1) is 5.82 Å². The molecule has 0 saturated heterocycles. The SMILES string of the molecule is CC(=O)NC(CSCc1ccc(F)cc1)c1ccccc1. The van der Waals surface area contributed by atoms with Crippen LogP contribution in [0.5, 0.6) is 0 Å². The molecule has 0 aliphatic heterocycles. The van der Waals surface area contributed by atoms with E-state index >= 15 is 0 Å². The lowest BCUT2D eigenvalue weighted by Gasteiger charge is -2.18. The van der Waals surface area contributed by atoms with Crippen molar-refractivity contribution in [1.82, 2.24) is 5.32 Å². The zero-order valence-corrected chi connectivity index (χ0v) is 12.7. The fraction of sp³-hybridized carbons (Fsp3) is 0.235. The minimum Gasteiger partial charge on any atom is -0.349 e. The molecular formula is C17H18FNOS. The Hall–Kier alpha value is -1.81. The molecule has 1 N–H and O–H groups in total. The van der Waals surface area contributed by atoms with Crippen molar-refractivity contribution in [2.24, 2.45) is 0 Å². The van der Waals surface area contributed by atoms with Gasteiger partial charge in [-0.25, -0.2) is 4.39 Å². The molecular weight excluding hydrogens is 285 g/mol. The van der Waals surface area contributed by atoms with Crippen molar-refractivity contribution < 1.29 is 9.18 Å². The van der Waals surface area contributed by atoms with E-state index in [1.165, 1.54) is 19.1 Å². The van der Waals surface area contributed by atoms with Crippen molar-refractivity contribution >= 4 is 17.7 Å². The number of thioether (sulfide) groups is 1. The van der Waals surface area contributed by atoms with Crippen molar-refractivity contribution in [3.05, 3.63) is 71.5 Å². The van der Waals surface area contributed by atoms with Crippen LogP contribution in [0.15, 0.2) is 54.6 Å². The van der Waals surface area contributed by atoms with E-state index in [0.717, 1.165) is 22.6 Å². The van der Waals surface area contributed by atoms with Crippen molar-refractivity contribution in [3.63, 3.8) is 0 Å². The van der Waals surface area contributed by atoms with E-state index in [1.807, 2.05) is 30.3 Å². The molecule has 0 fully saturated rings. The van der Waals surface area contributed by atoms with Crippen molar-refractivity contribution in [1.29, 1.82) is 0 Å². The lowest BCUT2D eigenvalue weighted by Crippen LogP contribution is -2.27. The highest BCUT2D eigenvalue weighted by Gasteiger charge is 2.12. The van der Waals surface area contributed by atoms with Gasteiger partial charge in [0.1, 0.15) is 5.82 Å². The number of nitrogens with one attached hydrogen (secondary N) is 1. The maximum absolute atomic E-state index is 12.8. The first-order chi connectivity index (χ1) is 10.1. The highest BCUT2D eigenvalue weighted by Crippen LogP contribution is 2.21. The lowest BCUT2D eigenvalue weighted by atomic mass is 10.1. The maximum atomic E-state index is 12.8. The molecule has 0 aliphatic carbocycles. The third-order valence-corrected chi connectivity index (χ3v) is 4.15. The van der Waals surface area contributed by atoms with E-state index in [9.17, 15) is 9.18 Å². The number of carbonyl (C=O) groups is 1. The molecule has 0 radical (unpaired) electrons. The highest BCUT2D eigenvalue weighted by molar-refractivity contribution is 7.98. The molecule has 1 amide bonds. The second-order valence-electron chi connectivity index (χ2n) is 4.81. The Morgan fingerprint density at radius 1 is 1.14 bits per heavy atom. The van der Waals surface area contributed by atoms with Crippen LogP contribution in [0.4, 0.5) is 4.39 Å². The number of hydrogen-bond donors (Lipinski definition) is 1. The van der Waals surface area contributed by atoms with Crippen molar-refractivity contribution in [2.75, 3.05) is 5.75 Å². The van der Waals surface area contributed by atoms with Crippen LogP contribution in [-0.4, -0.2) is 11.7 Å². The topological polar surface area (TPSA) is 29.1 Å². The highest BCUT2D eigenvalue weighted by atomic mass is 32.2. The standard InChI is InChI=1S/C17H18FNOS/c1-13(20)19-17(15-5-3-2-4-6-15)12-21-11-14-7-9-16(18)10-8-14/h2-10,17H,11-12H2,1H3,(H,19,20). The second kappa shape index (κ2) is 7.84. The summed E-state index contributed by atoms with van der Waals surface area (Å²) >= 11 is 1.72. The van der Waals surface area contributed by atoms with Gasteiger partial charge in [-0.15, -0.1) is 0 Å². The molecule has 2 aromatic rings. The molecule has 2 rings (SSSR count). The average molecular weight is 303 g/mol. The number of benzene rings is 2. The van der Waals surface area contributed by atoms with Gasteiger partial charge in [0, 0.05) is 18.4 Å². The van der Waals surface area contributed by atoms with E-state index in [-0.39, 0.29) is 17.8 Å². The smallest absolute Gasteiger partial charge is 0.217 e. The summed E-state index contributed by atoms with van der Waals surface area (Å²) in [7, 11) is 0. The van der Waals surface area contributed by atoms with Crippen LogP contribution >= 0.6 is 11.8 Å². The zero-order chi connectivity index (χ0) is 15.1. The third-order valence-electron chi connectivity index (χ3n) is 3.05. The lowest BCUT2D eigenvalue weighted by molar-refractivity contribution is -0.119. The molecule has 2 aromatic carbocycles. The number of rotatable bonds is 6. The molecule has 1 unspecified atom stereocenters. The van der Waals surface area contributed by atoms with E-state index in [0.29, 0.717) is 0 Å². The fourth-order valence-corrected chi connectivity index (χ4v) is 3.08. The summed E-state index contributed by atoms with van der Waals surface area (Å²) in [5.74, 6) is 1.32. The summed E-state index contributed by atoms with van der Waals surface area (Å²) < 4.78 is 12.8. The normalized spacial score (nSPS) is 11.9. The summed E-state index contributed by atoms with van der Waals surface area (Å²) in [5, 5.41) is 2.97. The molecule has 1 atom stereocenters. The third kappa shape index (κ3) is 5.23. The van der Waals surface area contributed by atoms with Gasteiger partial charge >= 0.3 is 0 Å². The Balaban J connectivity index is 1.93. The van der Waals surface area contributed by atoms with Gasteiger partial charge in [0.2, 0.25) is 5.91 Å². The average Bonchev–Trinajstić information content (AvgIpc) is 2.49. The summed E-state index contributed by atoms with van der Waals surface area (Å²) in [5.41, 5.74) is 2.18. The van der Waals surface area contributed by atoms with Crippen LogP contribution in [0.2, 0.25) is 0 Å². The van der Waals surface area contributed by atoms with Crippen LogP contribution in [-0.2, 0) is 10.5 Å². The Morgan fingerprint density at radius 2 is 1.81 bits per heavy atom. The molecule has 0 bridgehead atoms. The Bertz CT molecular complexity index is 571. The summed E-state index contributed by atoms with van der Waals surface area (Å²) in [6, 6.07) is 16.4. The summed E-state index contributed by atoms with van der Waals surface area (Å²) in [6.07, 6.45) is 0. The van der Waals surface area contributed by atoms with E-state index in [1.54, 1.807) is 23.9 Å². The van der Waals surface area contributed by atoms with Crippen LogP contribution in [0.3, 0.4) is 0 Å². The first kappa shape index (κ1) is 15.6. The van der Waals surface area contributed by atoms with Gasteiger partial charge in [-0.2, -0.15) is 11.8 Å². The van der Waals surface area contributed by atoms with Gasteiger partial charge in [-0.05, 0) is 23.3 Å². The second-order valence-corrected chi connectivity index (χ2v) is 5.84. The number of halogens is 1. The maximum Gasteiger partial charge on any atom is 0.217 e. The quantitative estimate of drug-likeness (QED) is 0.876. The molecule has 4 heteroatoms. The largest absolute Gasteiger partial charge is 0.349 e. The Labute approximate surface area is 128 Å². The minimum atomic E-state index is -0.218. The van der Waals surface area contributed by atoms with Crippen molar-refractivity contribution in [3.8, 4) is 0 Å². The van der Waals surface area contributed by atoms with E-state index in [2.05, 4.69) is 5.32 Å². The molecule has 0 aromatic heterocycles. The van der Waals surface area contributed by atoms with Gasteiger partial charge in [0.15, 0.2) is 0 Å². The summed E-state index contributed by atoms with van der Waals surface area (Å²) in [6.45, 7) is 1.53. The summed E-state index contributed by atoms with van der Waals surface area (Å²) in [4.78, 5) is 11.3. The number of carbonyl (C=O) groups excluding carboxylic acids is 1. The molecule has 0 heterocycles. The van der Waals surface area contributed by atoms with Crippen LogP contribution < -0.4 is 5.32 Å². The predicted octanol–water partition coefficient (Wildman–Crippen LogP) is 3.94. The Morgan fingerprint density at radius 3 is 2.43 bits per heavy atom. The van der Waals surface area contributed by atoms with Gasteiger partial charge in [0.25, 0.3) is 0 Å². The predicted molar refractivity (Wildman–Crippen MR) is 85.6 cm³/mol. The zero-order valence-electron chi connectivity index (χ0n) is 11.9. The molecule has 2 nitrogen and oxygen atoms in total. The molecule has 21 heavy (non-hydrogen) atoms. The van der Waals surface area contributed by atoms with Crippen LogP contribution in [0.25, 0.3) is 0 Å². The van der Waals surface area contributed by atoms with Gasteiger partial charge < -0.3 is 5.32 Å². The first-order valence-corrected chi connectivity index (χ1v) is 7.95. The molecule has 0 spiro atoms. The van der Waals surface area contributed by atoms with Crippen LogP contribution in [0.1, 0.15) is 24.1 Å². The molecule has 0 aliphatic rings. The van der Waals surface area contributed by atoms with Gasteiger partial charge in [-0.1, -0.05) is 42.5 Å². The number of amides is 1. The minimum absolute atomic E-state index is 0.00542. The monoisotopic (exact) mass is 303 g/mol. The van der Waals surface area contributed by atoms with Gasteiger partial charge in [-0.3, -0.25) is 4.79 Å². The fourth-order valence-electron chi connectivity index (χ4n) is 2.03.